The van der Waals surface area contributed by atoms with Crippen LogP contribution in [0.1, 0.15) is 40.0 Å². The standard InChI is InChI=1S/C29H44N6O5/c1-29(2,3)25-20-34(11-12-35(25)28(36)37)26-21-18-23(38-4)24(40-15-7-8-32-13-16-39-17-14-32)19-22(21)30-27(31-26)33-9-5-6-10-33/h18-19,25H,5-17,20H2,1-4H3,(H,36,37). The number of anilines is 2. The summed E-state index contributed by atoms with van der Waals surface area (Å²) in [7, 11) is 1.65. The first-order valence-electron chi connectivity index (χ1n) is 14.6. The number of carbonyl (C=O) groups is 1. The fourth-order valence-electron chi connectivity index (χ4n) is 5.92. The summed E-state index contributed by atoms with van der Waals surface area (Å²) in [6, 6.07) is 3.78. The van der Waals surface area contributed by atoms with Crippen LogP contribution in [0.2, 0.25) is 0 Å². The van der Waals surface area contributed by atoms with E-state index in [1.807, 2.05) is 12.1 Å². The van der Waals surface area contributed by atoms with E-state index in [0.29, 0.717) is 37.7 Å². The molecule has 3 saturated heterocycles. The van der Waals surface area contributed by atoms with Crippen LogP contribution in [0.4, 0.5) is 16.6 Å². The van der Waals surface area contributed by atoms with Crippen molar-refractivity contribution in [1.82, 2.24) is 19.8 Å². The molecular formula is C29H44N6O5. The van der Waals surface area contributed by atoms with Crippen molar-refractivity contribution < 1.29 is 24.1 Å². The zero-order chi connectivity index (χ0) is 28.3. The summed E-state index contributed by atoms with van der Waals surface area (Å²) in [6.45, 7) is 14.8. The van der Waals surface area contributed by atoms with Gasteiger partial charge in [-0.3, -0.25) is 4.90 Å². The molecule has 5 rings (SSSR count). The second-order valence-electron chi connectivity index (χ2n) is 12.0. The summed E-state index contributed by atoms with van der Waals surface area (Å²) < 4.78 is 17.5. The lowest BCUT2D eigenvalue weighted by atomic mass is 9.84. The molecular weight excluding hydrogens is 512 g/mol. The van der Waals surface area contributed by atoms with Gasteiger partial charge in [0.25, 0.3) is 0 Å². The molecule has 11 nitrogen and oxygen atoms in total. The van der Waals surface area contributed by atoms with Gasteiger partial charge in [0.15, 0.2) is 11.5 Å². The number of hydrogen-bond acceptors (Lipinski definition) is 9. The highest BCUT2D eigenvalue weighted by Gasteiger charge is 2.39. The SMILES string of the molecule is COc1cc2c(N3CCN(C(=O)O)C(C(C)(C)C)C3)nc(N3CCCC3)nc2cc1OCCCN1CCOCC1. The molecule has 220 valence electrons. The van der Waals surface area contributed by atoms with Crippen molar-refractivity contribution in [1.29, 1.82) is 0 Å². The maximum absolute atomic E-state index is 12.1. The zero-order valence-electron chi connectivity index (χ0n) is 24.4. The third-order valence-corrected chi connectivity index (χ3v) is 8.24. The number of rotatable bonds is 8. The van der Waals surface area contributed by atoms with Gasteiger partial charge < -0.3 is 34.0 Å². The van der Waals surface area contributed by atoms with Gasteiger partial charge in [-0.1, -0.05) is 20.8 Å². The molecule has 1 N–H and O–H groups in total. The lowest BCUT2D eigenvalue weighted by Crippen LogP contribution is -2.59. The monoisotopic (exact) mass is 556 g/mol. The number of morpholine rings is 1. The summed E-state index contributed by atoms with van der Waals surface area (Å²) in [5, 5.41) is 10.8. The Morgan fingerprint density at radius 2 is 1.77 bits per heavy atom. The van der Waals surface area contributed by atoms with Crippen LogP contribution in [0.5, 0.6) is 11.5 Å². The van der Waals surface area contributed by atoms with Crippen molar-refractivity contribution in [3.8, 4) is 11.5 Å². The van der Waals surface area contributed by atoms with Crippen molar-refractivity contribution in [2.24, 2.45) is 5.41 Å². The van der Waals surface area contributed by atoms with Crippen molar-refractivity contribution in [3.63, 3.8) is 0 Å². The van der Waals surface area contributed by atoms with Gasteiger partial charge in [0.2, 0.25) is 5.95 Å². The van der Waals surface area contributed by atoms with E-state index in [1.54, 1.807) is 12.0 Å². The van der Waals surface area contributed by atoms with Crippen LogP contribution in [-0.4, -0.2) is 116 Å². The second-order valence-corrected chi connectivity index (χ2v) is 12.0. The van der Waals surface area contributed by atoms with Gasteiger partial charge in [-0.2, -0.15) is 4.98 Å². The van der Waals surface area contributed by atoms with Gasteiger partial charge in [-0.05, 0) is 30.7 Å². The summed E-state index contributed by atoms with van der Waals surface area (Å²) in [5.41, 5.74) is 0.585. The van der Waals surface area contributed by atoms with Crippen molar-refractivity contribution in [2.75, 3.05) is 89.1 Å². The molecule has 0 aliphatic carbocycles. The predicted octanol–water partition coefficient (Wildman–Crippen LogP) is 3.55. The van der Waals surface area contributed by atoms with Crippen molar-refractivity contribution in [3.05, 3.63) is 12.1 Å². The van der Waals surface area contributed by atoms with Crippen LogP contribution < -0.4 is 19.3 Å². The molecule has 1 amide bonds. The Labute approximate surface area is 237 Å². The maximum atomic E-state index is 12.1. The minimum absolute atomic E-state index is 0.171. The third kappa shape index (κ3) is 6.30. The largest absolute Gasteiger partial charge is 0.493 e. The number of amides is 1. The highest BCUT2D eigenvalue weighted by atomic mass is 16.5. The van der Waals surface area contributed by atoms with E-state index in [9.17, 15) is 9.90 Å². The van der Waals surface area contributed by atoms with Crippen LogP contribution in [0.3, 0.4) is 0 Å². The molecule has 3 fully saturated rings. The van der Waals surface area contributed by atoms with E-state index in [-0.39, 0.29) is 11.5 Å². The van der Waals surface area contributed by atoms with Gasteiger partial charge >= 0.3 is 6.09 Å². The van der Waals surface area contributed by atoms with Gasteiger partial charge in [0.05, 0.1) is 38.5 Å². The van der Waals surface area contributed by atoms with Crippen molar-refractivity contribution in [2.45, 2.75) is 46.1 Å². The molecule has 1 atom stereocenters. The summed E-state index contributed by atoms with van der Waals surface area (Å²) in [4.78, 5) is 30.6. The maximum Gasteiger partial charge on any atom is 0.407 e. The Kier molecular flexibility index (Phi) is 8.70. The van der Waals surface area contributed by atoms with Gasteiger partial charge in [-0.25, -0.2) is 9.78 Å². The van der Waals surface area contributed by atoms with E-state index < -0.39 is 6.09 Å². The minimum Gasteiger partial charge on any atom is -0.493 e. The fourth-order valence-corrected chi connectivity index (χ4v) is 5.92. The molecule has 1 aromatic carbocycles. The van der Waals surface area contributed by atoms with E-state index in [4.69, 9.17) is 24.2 Å². The van der Waals surface area contributed by atoms with Gasteiger partial charge in [0.1, 0.15) is 5.82 Å². The smallest absolute Gasteiger partial charge is 0.407 e. The van der Waals surface area contributed by atoms with Crippen LogP contribution in [0.15, 0.2) is 12.1 Å². The second kappa shape index (κ2) is 12.2. The Morgan fingerprint density at radius 1 is 1.02 bits per heavy atom. The Balaban J connectivity index is 1.44. The molecule has 40 heavy (non-hydrogen) atoms. The molecule has 2 aromatic rings. The Bertz CT molecular complexity index is 1180. The van der Waals surface area contributed by atoms with E-state index in [0.717, 1.165) is 87.9 Å². The zero-order valence-corrected chi connectivity index (χ0v) is 24.4. The number of fused-ring (bicyclic) bond motifs is 1. The molecule has 3 aliphatic heterocycles. The predicted molar refractivity (Wildman–Crippen MR) is 155 cm³/mol. The van der Waals surface area contributed by atoms with Gasteiger partial charge in [-0.15, -0.1) is 0 Å². The first-order chi connectivity index (χ1) is 19.2. The van der Waals surface area contributed by atoms with E-state index in [2.05, 4.69) is 35.5 Å². The molecule has 1 unspecified atom stereocenters. The Hall–Kier alpha value is -3.05. The van der Waals surface area contributed by atoms with Crippen LogP contribution in [0, 0.1) is 5.41 Å². The number of benzene rings is 1. The number of hydrogen-bond donors (Lipinski definition) is 1. The third-order valence-electron chi connectivity index (χ3n) is 8.24. The molecule has 0 saturated carbocycles. The van der Waals surface area contributed by atoms with Crippen LogP contribution in [-0.2, 0) is 4.74 Å². The number of carboxylic acid groups (broad SMARTS) is 1. The normalized spacial score (nSPS) is 20.8. The molecule has 3 aliphatic rings. The van der Waals surface area contributed by atoms with E-state index >= 15 is 0 Å². The highest BCUT2D eigenvalue weighted by molar-refractivity contribution is 5.93. The van der Waals surface area contributed by atoms with Crippen LogP contribution in [0.25, 0.3) is 10.9 Å². The van der Waals surface area contributed by atoms with Gasteiger partial charge in [0, 0.05) is 63.8 Å². The molecule has 0 bridgehead atoms. The lowest BCUT2D eigenvalue weighted by Gasteiger charge is -2.46. The Morgan fingerprint density at radius 3 is 2.45 bits per heavy atom. The average Bonchev–Trinajstić information content (AvgIpc) is 3.49. The summed E-state index contributed by atoms with van der Waals surface area (Å²) in [5.74, 6) is 2.87. The number of methoxy groups -OCH3 is 1. The number of ether oxygens (including phenoxy) is 3. The lowest BCUT2D eigenvalue weighted by molar-refractivity contribution is 0.0357. The van der Waals surface area contributed by atoms with Crippen LogP contribution >= 0.6 is 0 Å². The molecule has 0 spiro atoms. The summed E-state index contributed by atoms with van der Waals surface area (Å²) in [6.07, 6.45) is 2.29. The quantitative estimate of drug-likeness (QED) is 0.486. The number of nitrogens with zero attached hydrogens (tertiary/aromatic N) is 6. The first-order valence-corrected chi connectivity index (χ1v) is 14.6. The first kappa shape index (κ1) is 28.5. The minimum atomic E-state index is -0.873. The van der Waals surface area contributed by atoms with E-state index in [1.165, 1.54) is 0 Å². The molecule has 1 aromatic heterocycles. The number of piperazine rings is 1. The number of aromatic nitrogens is 2. The molecule has 0 radical (unpaired) electrons. The van der Waals surface area contributed by atoms with Crippen molar-refractivity contribution >= 4 is 28.8 Å². The summed E-state index contributed by atoms with van der Waals surface area (Å²) >= 11 is 0. The fraction of sp³-hybridized carbons (Fsp3) is 0.690. The molecule has 11 heteroatoms. The molecule has 4 heterocycles. The average molecular weight is 557 g/mol. The highest BCUT2D eigenvalue weighted by Crippen LogP contribution is 2.38. The topological polar surface area (TPSA) is 104 Å².